The van der Waals surface area contributed by atoms with Gasteiger partial charge in [0.25, 0.3) is 5.91 Å². The number of likely N-dealkylation sites (tertiary alicyclic amines) is 1. The van der Waals surface area contributed by atoms with Crippen LogP contribution >= 0.6 is 11.6 Å². The number of carbonyl (C=O) groups is 1. The molecule has 1 unspecified atom stereocenters. The fraction of sp³-hybridized carbons (Fsp3) is 0.333. The summed E-state index contributed by atoms with van der Waals surface area (Å²) in [6.07, 6.45) is 6.04. The van der Waals surface area contributed by atoms with Crippen LogP contribution in [0.15, 0.2) is 48.8 Å². The number of pyridine rings is 1. The lowest BCUT2D eigenvalue weighted by molar-refractivity contribution is 0.0937. The lowest BCUT2D eigenvalue weighted by atomic mass is 10.1. The number of aryl methyl sites for hydroxylation is 1. The third-order valence-corrected chi connectivity index (χ3v) is 5.48. The van der Waals surface area contributed by atoms with E-state index in [4.69, 9.17) is 11.6 Å². The summed E-state index contributed by atoms with van der Waals surface area (Å²) in [4.78, 5) is 19.5. The summed E-state index contributed by atoms with van der Waals surface area (Å²) in [5.74, 6) is 0.796. The largest absolute Gasteiger partial charge is 0.350 e. The lowest BCUT2D eigenvalue weighted by Gasteiger charge is -2.28. The van der Waals surface area contributed by atoms with Crippen LogP contribution in [-0.4, -0.2) is 39.8 Å². The molecule has 1 saturated heterocycles. The Kier molecular flexibility index (Phi) is 5.14. The molecular weight excluding hydrogens is 360 g/mol. The van der Waals surface area contributed by atoms with Gasteiger partial charge in [0.2, 0.25) is 0 Å². The molecule has 5 nitrogen and oxygen atoms in total. The minimum atomic E-state index is -0.0729. The third-order valence-electron chi connectivity index (χ3n) is 5.25. The highest BCUT2D eigenvalue weighted by atomic mass is 35.5. The molecule has 1 fully saturated rings. The van der Waals surface area contributed by atoms with Crippen molar-refractivity contribution in [1.29, 1.82) is 0 Å². The monoisotopic (exact) mass is 382 g/mol. The summed E-state index contributed by atoms with van der Waals surface area (Å²) in [6.45, 7) is 4.58. The van der Waals surface area contributed by atoms with Crippen molar-refractivity contribution in [1.82, 2.24) is 19.6 Å². The first kappa shape index (κ1) is 18.0. The van der Waals surface area contributed by atoms with E-state index in [-0.39, 0.29) is 11.9 Å². The first-order valence-corrected chi connectivity index (χ1v) is 9.71. The number of fused-ring (bicyclic) bond motifs is 1. The van der Waals surface area contributed by atoms with Crippen LogP contribution in [0.25, 0.3) is 5.52 Å². The SMILES string of the molecule is Cc1ncc2ccc(C(=O)NCC(c3cccc(Cl)c3)N3CCCC3)cn12. The maximum Gasteiger partial charge on any atom is 0.252 e. The molecule has 0 spiro atoms. The van der Waals surface area contributed by atoms with Crippen molar-refractivity contribution in [3.63, 3.8) is 0 Å². The predicted octanol–water partition coefficient (Wildman–Crippen LogP) is 3.86. The molecule has 1 aromatic carbocycles. The van der Waals surface area contributed by atoms with E-state index in [2.05, 4.69) is 21.3 Å². The summed E-state index contributed by atoms with van der Waals surface area (Å²) in [5, 5.41) is 3.84. The Balaban J connectivity index is 1.52. The number of hydrogen-bond donors (Lipinski definition) is 1. The minimum absolute atomic E-state index is 0.0729. The van der Waals surface area contributed by atoms with Crippen molar-refractivity contribution in [3.05, 3.63) is 70.8 Å². The van der Waals surface area contributed by atoms with E-state index in [0.29, 0.717) is 12.1 Å². The number of nitrogens with zero attached hydrogens (tertiary/aromatic N) is 3. The minimum Gasteiger partial charge on any atom is -0.350 e. The van der Waals surface area contributed by atoms with E-state index in [1.807, 2.05) is 47.9 Å². The number of rotatable bonds is 5. The molecule has 1 aliphatic heterocycles. The molecule has 6 heteroatoms. The van der Waals surface area contributed by atoms with Crippen molar-refractivity contribution < 1.29 is 4.79 Å². The molecule has 0 radical (unpaired) electrons. The van der Waals surface area contributed by atoms with Gasteiger partial charge in [0.1, 0.15) is 5.82 Å². The van der Waals surface area contributed by atoms with Crippen LogP contribution in [-0.2, 0) is 0 Å². The molecular formula is C21H23ClN4O. The lowest BCUT2D eigenvalue weighted by Crippen LogP contribution is -2.36. The third kappa shape index (κ3) is 3.84. The van der Waals surface area contributed by atoms with Gasteiger partial charge in [-0.05, 0) is 62.7 Å². The van der Waals surface area contributed by atoms with Gasteiger partial charge in [-0.1, -0.05) is 23.7 Å². The highest BCUT2D eigenvalue weighted by molar-refractivity contribution is 6.30. The van der Waals surface area contributed by atoms with Crippen LogP contribution in [0.5, 0.6) is 0 Å². The fourth-order valence-corrected chi connectivity index (χ4v) is 3.97. The molecule has 0 saturated carbocycles. The average molecular weight is 383 g/mol. The van der Waals surface area contributed by atoms with Gasteiger partial charge in [-0.15, -0.1) is 0 Å². The smallest absolute Gasteiger partial charge is 0.252 e. The molecule has 0 aliphatic carbocycles. The van der Waals surface area contributed by atoms with Crippen LogP contribution < -0.4 is 5.32 Å². The maximum atomic E-state index is 12.7. The van der Waals surface area contributed by atoms with Crippen LogP contribution in [0.1, 0.15) is 40.6 Å². The number of nitrogens with one attached hydrogen (secondary N) is 1. The van der Waals surface area contributed by atoms with Crippen LogP contribution in [0.3, 0.4) is 0 Å². The van der Waals surface area contributed by atoms with E-state index < -0.39 is 0 Å². The first-order valence-electron chi connectivity index (χ1n) is 9.33. The molecule has 1 atom stereocenters. The van der Waals surface area contributed by atoms with Crippen LogP contribution in [0.4, 0.5) is 0 Å². The van der Waals surface area contributed by atoms with Gasteiger partial charge in [0, 0.05) is 17.8 Å². The summed E-state index contributed by atoms with van der Waals surface area (Å²) >= 11 is 6.20. The molecule has 3 heterocycles. The van der Waals surface area contributed by atoms with Gasteiger partial charge in [0.15, 0.2) is 0 Å². The quantitative estimate of drug-likeness (QED) is 0.728. The highest BCUT2D eigenvalue weighted by Gasteiger charge is 2.24. The molecule has 0 bridgehead atoms. The first-order chi connectivity index (χ1) is 13.1. The van der Waals surface area contributed by atoms with Gasteiger partial charge in [0.05, 0.1) is 23.3 Å². The Bertz CT molecular complexity index is 962. The van der Waals surface area contributed by atoms with Gasteiger partial charge in [-0.2, -0.15) is 0 Å². The molecule has 140 valence electrons. The summed E-state index contributed by atoms with van der Waals surface area (Å²) in [6, 6.07) is 11.8. The molecule has 1 aliphatic rings. The Hall–Kier alpha value is -2.37. The van der Waals surface area contributed by atoms with Gasteiger partial charge in [-0.3, -0.25) is 9.69 Å². The maximum absolute atomic E-state index is 12.7. The standard InChI is InChI=1S/C21H23ClN4O/c1-15-23-12-19-8-7-17(14-26(15)19)21(27)24-13-20(25-9-2-3-10-25)16-5-4-6-18(22)11-16/h4-8,11-12,14,20H,2-3,9-10,13H2,1H3,(H,24,27). The fourth-order valence-electron chi connectivity index (χ4n) is 3.77. The second-order valence-electron chi connectivity index (χ2n) is 7.04. The Morgan fingerprint density at radius 2 is 2.07 bits per heavy atom. The highest BCUT2D eigenvalue weighted by Crippen LogP contribution is 2.26. The Morgan fingerprint density at radius 1 is 1.26 bits per heavy atom. The van der Waals surface area contributed by atoms with Crippen molar-refractivity contribution in [2.45, 2.75) is 25.8 Å². The van der Waals surface area contributed by atoms with E-state index >= 15 is 0 Å². The number of halogens is 1. The molecule has 1 N–H and O–H groups in total. The predicted molar refractivity (Wildman–Crippen MR) is 107 cm³/mol. The van der Waals surface area contributed by atoms with E-state index in [9.17, 15) is 4.79 Å². The summed E-state index contributed by atoms with van der Waals surface area (Å²) in [5.41, 5.74) is 2.76. The second kappa shape index (κ2) is 7.71. The van der Waals surface area contributed by atoms with Crippen LogP contribution in [0.2, 0.25) is 5.02 Å². The zero-order valence-electron chi connectivity index (χ0n) is 15.4. The van der Waals surface area contributed by atoms with Crippen molar-refractivity contribution >= 4 is 23.0 Å². The number of amides is 1. The molecule has 27 heavy (non-hydrogen) atoms. The van der Waals surface area contributed by atoms with Crippen molar-refractivity contribution in [3.8, 4) is 0 Å². The summed E-state index contributed by atoms with van der Waals surface area (Å²) in [7, 11) is 0. The van der Waals surface area contributed by atoms with Crippen molar-refractivity contribution in [2.24, 2.45) is 0 Å². The Morgan fingerprint density at radius 3 is 2.85 bits per heavy atom. The zero-order chi connectivity index (χ0) is 18.8. The number of aromatic nitrogens is 2. The van der Waals surface area contributed by atoms with Crippen molar-refractivity contribution in [2.75, 3.05) is 19.6 Å². The Labute approximate surface area is 164 Å². The average Bonchev–Trinajstić information content (AvgIpc) is 3.32. The molecule has 2 aromatic heterocycles. The number of carbonyl (C=O) groups excluding carboxylic acids is 1. The zero-order valence-corrected chi connectivity index (χ0v) is 16.1. The number of benzene rings is 1. The number of imidazole rings is 1. The normalized spacial score (nSPS) is 15.9. The van der Waals surface area contributed by atoms with E-state index in [1.54, 1.807) is 6.20 Å². The topological polar surface area (TPSA) is 49.6 Å². The molecule has 3 aromatic rings. The van der Waals surface area contributed by atoms with E-state index in [1.165, 1.54) is 12.8 Å². The molecule has 4 rings (SSSR count). The van der Waals surface area contributed by atoms with E-state index in [0.717, 1.165) is 35.0 Å². The molecule has 1 amide bonds. The van der Waals surface area contributed by atoms with Gasteiger partial charge < -0.3 is 9.72 Å². The number of hydrogen-bond acceptors (Lipinski definition) is 3. The van der Waals surface area contributed by atoms with Gasteiger partial charge >= 0.3 is 0 Å². The van der Waals surface area contributed by atoms with Crippen LogP contribution in [0, 0.1) is 6.92 Å². The summed E-state index contributed by atoms with van der Waals surface area (Å²) < 4.78 is 1.93. The second-order valence-corrected chi connectivity index (χ2v) is 7.48. The van der Waals surface area contributed by atoms with Gasteiger partial charge in [-0.25, -0.2) is 4.98 Å².